The number of carbonyl (C=O) groups excluding carboxylic acids is 2. The van der Waals surface area contributed by atoms with Crippen LogP contribution < -0.4 is 11.5 Å². The van der Waals surface area contributed by atoms with Crippen LogP contribution in [0.5, 0.6) is 0 Å². The number of carbonyl (C=O) groups is 2. The average molecular weight is 281 g/mol. The first-order valence-electron chi connectivity index (χ1n) is 6.48. The van der Waals surface area contributed by atoms with Gasteiger partial charge >= 0.3 is 0 Å². The van der Waals surface area contributed by atoms with E-state index in [1.807, 2.05) is 6.92 Å². The highest BCUT2D eigenvalue weighted by Gasteiger charge is 2.34. The second-order valence-corrected chi connectivity index (χ2v) is 4.66. The third-order valence-electron chi connectivity index (χ3n) is 3.39. The Kier molecular flexibility index (Phi) is 3.93. The van der Waals surface area contributed by atoms with E-state index in [1.165, 1.54) is 4.90 Å². The van der Waals surface area contributed by atoms with E-state index in [-0.39, 0.29) is 12.5 Å². The van der Waals surface area contributed by atoms with Gasteiger partial charge in [-0.15, -0.1) is 0 Å². The summed E-state index contributed by atoms with van der Waals surface area (Å²) in [5.41, 5.74) is 12.5. The highest BCUT2D eigenvalue weighted by Crippen LogP contribution is 2.20. The summed E-state index contributed by atoms with van der Waals surface area (Å²) in [6.07, 6.45) is 0. The number of hydrogen-bond donors (Lipinski definition) is 2. The molecule has 2 rings (SSSR count). The number of nitrogens with two attached hydrogens (primary N) is 2. The Hall–Kier alpha value is -2.09. The summed E-state index contributed by atoms with van der Waals surface area (Å²) < 4.78 is 6.75. The summed E-state index contributed by atoms with van der Waals surface area (Å²) in [5, 5.41) is 4.21. The predicted octanol–water partition coefficient (Wildman–Crippen LogP) is -0.880. The molecule has 1 unspecified atom stereocenters. The molecule has 0 bridgehead atoms. The lowest BCUT2D eigenvalue weighted by Gasteiger charge is -2.33. The highest BCUT2D eigenvalue weighted by atomic mass is 16.5. The van der Waals surface area contributed by atoms with Crippen LogP contribution in [0.4, 0.5) is 5.69 Å². The van der Waals surface area contributed by atoms with E-state index in [4.69, 9.17) is 16.2 Å². The molecule has 110 valence electrons. The van der Waals surface area contributed by atoms with Crippen LogP contribution in [0, 0.1) is 6.92 Å². The summed E-state index contributed by atoms with van der Waals surface area (Å²) in [6.45, 7) is 4.91. The van der Waals surface area contributed by atoms with Crippen LogP contribution in [-0.2, 0) is 16.1 Å². The molecule has 8 heteroatoms. The molecule has 0 spiro atoms. The second-order valence-electron chi connectivity index (χ2n) is 4.66. The van der Waals surface area contributed by atoms with Crippen molar-refractivity contribution in [3.8, 4) is 0 Å². The molecule has 2 heterocycles. The van der Waals surface area contributed by atoms with Gasteiger partial charge in [-0.05, 0) is 13.8 Å². The summed E-state index contributed by atoms with van der Waals surface area (Å²) in [6, 6.07) is -0.767. The number of anilines is 1. The van der Waals surface area contributed by atoms with Crippen molar-refractivity contribution in [3.63, 3.8) is 0 Å². The molecule has 8 nitrogen and oxygen atoms in total. The Bertz CT molecular complexity index is 539. The molecule has 1 fully saturated rings. The number of nitrogen functional groups attached to an aromatic ring is 1. The number of ether oxygens (including phenoxy) is 1. The van der Waals surface area contributed by atoms with Crippen molar-refractivity contribution in [2.75, 3.05) is 25.5 Å². The van der Waals surface area contributed by atoms with Gasteiger partial charge in [0.05, 0.1) is 24.6 Å². The molecule has 0 saturated carbocycles. The lowest BCUT2D eigenvalue weighted by atomic mass is 10.2. The minimum absolute atomic E-state index is 0.111. The van der Waals surface area contributed by atoms with E-state index in [2.05, 4.69) is 5.10 Å². The minimum Gasteiger partial charge on any atom is -0.395 e. The van der Waals surface area contributed by atoms with Crippen molar-refractivity contribution < 1.29 is 14.3 Å². The Morgan fingerprint density at radius 3 is 2.80 bits per heavy atom. The van der Waals surface area contributed by atoms with Crippen LogP contribution in [0.3, 0.4) is 0 Å². The molecule has 20 heavy (non-hydrogen) atoms. The number of hydrogen-bond acceptors (Lipinski definition) is 5. The fourth-order valence-electron chi connectivity index (χ4n) is 2.27. The zero-order chi connectivity index (χ0) is 14.9. The summed E-state index contributed by atoms with van der Waals surface area (Å²) >= 11 is 0. The van der Waals surface area contributed by atoms with Crippen molar-refractivity contribution in [2.45, 2.75) is 26.4 Å². The molecule has 0 aliphatic carbocycles. The largest absolute Gasteiger partial charge is 0.395 e. The van der Waals surface area contributed by atoms with Gasteiger partial charge in [-0.3, -0.25) is 14.3 Å². The van der Waals surface area contributed by atoms with Gasteiger partial charge < -0.3 is 21.1 Å². The zero-order valence-electron chi connectivity index (χ0n) is 11.6. The Labute approximate surface area is 116 Å². The molecule has 0 radical (unpaired) electrons. The van der Waals surface area contributed by atoms with Crippen molar-refractivity contribution in [3.05, 3.63) is 11.4 Å². The van der Waals surface area contributed by atoms with Gasteiger partial charge in [0.2, 0.25) is 5.91 Å². The highest BCUT2D eigenvalue weighted by molar-refractivity contribution is 6.00. The molecule has 2 amide bonds. The fraction of sp³-hybridized carbons (Fsp3) is 0.583. The average Bonchev–Trinajstić information content (AvgIpc) is 2.73. The Morgan fingerprint density at radius 2 is 2.20 bits per heavy atom. The van der Waals surface area contributed by atoms with Crippen LogP contribution >= 0.6 is 0 Å². The Balaban J connectivity index is 2.37. The molecular formula is C12H19N5O3. The molecule has 1 aliphatic heterocycles. The molecule has 1 atom stereocenters. The van der Waals surface area contributed by atoms with E-state index in [0.717, 1.165) is 0 Å². The van der Waals surface area contributed by atoms with Gasteiger partial charge in [0, 0.05) is 13.1 Å². The molecule has 1 aromatic heterocycles. The quantitative estimate of drug-likeness (QED) is 0.746. The van der Waals surface area contributed by atoms with Gasteiger partial charge in [-0.1, -0.05) is 0 Å². The standard InChI is InChI=1S/C12H19N5O3/c1-3-17-10(9(13)7(2)15-17)12(19)16-4-5-20-6-8(16)11(14)18/h8H,3-6,13H2,1-2H3,(H2,14,18). The molecule has 1 aromatic rings. The first-order chi connectivity index (χ1) is 9.47. The number of aromatic nitrogens is 2. The van der Waals surface area contributed by atoms with Crippen molar-refractivity contribution in [1.29, 1.82) is 0 Å². The first-order valence-corrected chi connectivity index (χ1v) is 6.48. The van der Waals surface area contributed by atoms with Crippen LogP contribution in [0.2, 0.25) is 0 Å². The third kappa shape index (κ3) is 2.34. The number of morpholine rings is 1. The second kappa shape index (κ2) is 5.49. The number of aryl methyl sites for hydroxylation is 2. The smallest absolute Gasteiger partial charge is 0.275 e. The predicted molar refractivity (Wildman–Crippen MR) is 71.9 cm³/mol. The molecule has 4 N–H and O–H groups in total. The first kappa shape index (κ1) is 14.3. The Morgan fingerprint density at radius 1 is 1.50 bits per heavy atom. The van der Waals surface area contributed by atoms with Crippen molar-refractivity contribution in [1.82, 2.24) is 14.7 Å². The van der Waals surface area contributed by atoms with E-state index in [9.17, 15) is 9.59 Å². The van der Waals surface area contributed by atoms with Crippen molar-refractivity contribution in [2.24, 2.45) is 5.73 Å². The zero-order valence-corrected chi connectivity index (χ0v) is 11.6. The maximum Gasteiger partial charge on any atom is 0.275 e. The third-order valence-corrected chi connectivity index (χ3v) is 3.39. The maximum absolute atomic E-state index is 12.7. The van der Waals surface area contributed by atoms with Gasteiger partial charge in [-0.25, -0.2) is 0 Å². The van der Waals surface area contributed by atoms with Gasteiger partial charge in [-0.2, -0.15) is 5.10 Å². The fourth-order valence-corrected chi connectivity index (χ4v) is 2.27. The van der Waals surface area contributed by atoms with Gasteiger partial charge in [0.15, 0.2) is 0 Å². The normalized spacial score (nSPS) is 19.1. The lowest BCUT2D eigenvalue weighted by Crippen LogP contribution is -2.55. The van der Waals surface area contributed by atoms with Crippen LogP contribution in [0.25, 0.3) is 0 Å². The van der Waals surface area contributed by atoms with Crippen LogP contribution in [0.15, 0.2) is 0 Å². The topological polar surface area (TPSA) is 116 Å². The van der Waals surface area contributed by atoms with Gasteiger partial charge in [0.25, 0.3) is 5.91 Å². The van der Waals surface area contributed by atoms with Crippen molar-refractivity contribution >= 4 is 17.5 Å². The SMILES string of the molecule is CCn1nc(C)c(N)c1C(=O)N1CCOCC1C(N)=O. The molecule has 1 aliphatic rings. The number of primary amides is 1. The number of amides is 2. The van der Waals surface area contributed by atoms with Crippen LogP contribution in [0.1, 0.15) is 23.1 Å². The number of rotatable bonds is 3. The molecular weight excluding hydrogens is 262 g/mol. The summed E-state index contributed by atoms with van der Waals surface area (Å²) in [7, 11) is 0. The number of nitrogens with zero attached hydrogens (tertiary/aromatic N) is 3. The maximum atomic E-state index is 12.7. The van der Waals surface area contributed by atoms with E-state index in [0.29, 0.717) is 36.8 Å². The van der Waals surface area contributed by atoms with E-state index in [1.54, 1.807) is 11.6 Å². The summed E-state index contributed by atoms with van der Waals surface area (Å²) in [4.78, 5) is 25.5. The monoisotopic (exact) mass is 281 g/mol. The van der Waals surface area contributed by atoms with E-state index < -0.39 is 11.9 Å². The summed E-state index contributed by atoms with van der Waals surface area (Å²) in [5.74, 6) is -0.923. The molecule has 1 saturated heterocycles. The van der Waals surface area contributed by atoms with E-state index >= 15 is 0 Å². The minimum atomic E-state index is -0.767. The lowest BCUT2D eigenvalue weighted by molar-refractivity contribution is -0.127. The van der Waals surface area contributed by atoms with Crippen LogP contribution in [-0.4, -0.2) is 52.3 Å². The van der Waals surface area contributed by atoms with Gasteiger partial charge in [0.1, 0.15) is 11.7 Å². The molecule has 0 aromatic carbocycles.